The van der Waals surface area contributed by atoms with E-state index in [0.717, 1.165) is 27.6 Å². The highest BCUT2D eigenvalue weighted by Gasteiger charge is 2.16. The molecule has 2 aromatic heterocycles. The van der Waals surface area contributed by atoms with E-state index < -0.39 is 0 Å². The summed E-state index contributed by atoms with van der Waals surface area (Å²) in [7, 11) is 2.82. The average molecular weight is 402 g/mol. The molecule has 0 radical (unpaired) electrons. The third-order valence-electron chi connectivity index (χ3n) is 5.46. The van der Waals surface area contributed by atoms with Crippen LogP contribution in [0.15, 0.2) is 88.5 Å². The maximum absolute atomic E-state index is 5.30. The molecule has 0 N–H and O–H groups in total. The van der Waals surface area contributed by atoms with Crippen molar-refractivity contribution < 1.29 is 8.83 Å². The van der Waals surface area contributed by atoms with Crippen molar-refractivity contribution in [2.24, 2.45) is 0 Å². The molecule has 0 amide bonds. The van der Waals surface area contributed by atoms with Crippen molar-refractivity contribution in [1.29, 1.82) is 0 Å². The van der Waals surface area contributed by atoms with Crippen LogP contribution in [0.1, 0.15) is 38.5 Å². The van der Waals surface area contributed by atoms with Crippen molar-refractivity contribution in [2.75, 3.05) is 0 Å². The van der Waals surface area contributed by atoms with Gasteiger partial charge in [-0.1, -0.05) is 81.0 Å². The van der Waals surface area contributed by atoms with E-state index in [2.05, 4.69) is 45.6 Å². The zero-order chi connectivity index (χ0) is 19.9. The Morgan fingerprint density at radius 3 is 1.48 bits per heavy atom. The Labute approximate surface area is 175 Å². The van der Waals surface area contributed by atoms with Crippen LogP contribution in [-0.4, -0.2) is 0 Å². The van der Waals surface area contributed by atoms with Crippen molar-refractivity contribution in [3.8, 4) is 33.4 Å². The molecule has 1 saturated carbocycles. The number of rotatable bonds is 3. The fourth-order valence-electron chi connectivity index (χ4n) is 3.94. The van der Waals surface area contributed by atoms with Gasteiger partial charge in [0.15, 0.2) is 0 Å². The van der Waals surface area contributed by atoms with Gasteiger partial charge >= 0.3 is 0 Å². The second-order valence-corrected chi connectivity index (χ2v) is 8.08. The fraction of sp³-hybridized carbons (Fsp3) is 0.231. The molecule has 0 aliphatic heterocycles. The van der Waals surface area contributed by atoms with Gasteiger partial charge in [0.25, 0.3) is 0 Å². The summed E-state index contributed by atoms with van der Waals surface area (Å²) < 4.78 is 10.6. The van der Waals surface area contributed by atoms with Gasteiger partial charge in [0.2, 0.25) is 0 Å². The Balaban J connectivity index is 0.000000294. The lowest BCUT2D eigenvalue weighted by atomic mass is 9.89. The van der Waals surface area contributed by atoms with Gasteiger partial charge < -0.3 is 8.83 Å². The van der Waals surface area contributed by atoms with E-state index in [4.69, 9.17) is 8.83 Å². The predicted octanol–water partition coefficient (Wildman–Crippen LogP) is 7.71. The van der Waals surface area contributed by atoms with E-state index in [1.54, 1.807) is 25.1 Å². The molecule has 2 aromatic carbocycles. The van der Waals surface area contributed by atoms with E-state index in [9.17, 15) is 0 Å². The molecule has 5 rings (SSSR count). The minimum absolute atomic E-state index is 1.07. The third kappa shape index (κ3) is 4.71. The molecule has 0 spiro atoms. The summed E-state index contributed by atoms with van der Waals surface area (Å²) in [6.45, 7) is 0. The maximum Gasteiger partial charge on any atom is 0.0981 e. The van der Waals surface area contributed by atoms with Gasteiger partial charge in [0.05, 0.1) is 25.1 Å². The summed E-state index contributed by atoms with van der Waals surface area (Å²) in [5.41, 5.74) is 6.79. The van der Waals surface area contributed by atoms with Crippen LogP contribution in [0.5, 0.6) is 0 Å². The lowest BCUT2D eigenvalue weighted by molar-refractivity contribution is 0.504. The van der Waals surface area contributed by atoms with Crippen LogP contribution in [0, 0.1) is 0 Å². The number of furan rings is 2. The molecule has 148 valence electrons. The molecule has 2 nitrogen and oxygen atoms in total. The molecule has 1 aliphatic carbocycles. The quantitative estimate of drug-likeness (QED) is 0.328. The minimum Gasteiger partial charge on any atom is -0.472 e. The SMILES string of the molecule is C1CCCCC1.Pc1ccccc1-c1c(-c2ccoc2)cccc1-c1ccoc1. The Kier molecular flexibility index (Phi) is 6.64. The average Bonchev–Trinajstić information content (AvgIpc) is 3.50. The van der Waals surface area contributed by atoms with Crippen molar-refractivity contribution >= 4 is 14.5 Å². The van der Waals surface area contributed by atoms with E-state index in [1.807, 2.05) is 18.2 Å². The highest BCUT2D eigenvalue weighted by atomic mass is 31.0. The summed E-state index contributed by atoms with van der Waals surface area (Å²) in [4.78, 5) is 0. The summed E-state index contributed by atoms with van der Waals surface area (Å²) >= 11 is 0. The van der Waals surface area contributed by atoms with Crippen LogP contribution < -0.4 is 5.30 Å². The first kappa shape index (κ1) is 19.7. The summed E-state index contributed by atoms with van der Waals surface area (Å²) in [6, 6.07) is 18.7. The molecule has 1 atom stereocenters. The van der Waals surface area contributed by atoms with E-state index in [-0.39, 0.29) is 0 Å². The molecule has 0 saturated heterocycles. The lowest BCUT2D eigenvalue weighted by Gasteiger charge is -2.15. The zero-order valence-corrected chi connectivity index (χ0v) is 17.8. The van der Waals surface area contributed by atoms with E-state index in [1.165, 1.54) is 49.7 Å². The van der Waals surface area contributed by atoms with Gasteiger partial charge in [0.1, 0.15) is 0 Å². The van der Waals surface area contributed by atoms with Crippen LogP contribution >= 0.6 is 9.24 Å². The minimum atomic E-state index is 1.07. The van der Waals surface area contributed by atoms with Gasteiger partial charge in [-0.25, -0.2) is 0 Å². The van der Waals surface area contributed by atoms with Crippen LogP contribution in [0.4, 0.5) is 0 Å². The summed E-state index contributed by atoms with van der Waals surface area (Å²) in [6.07, 6.45) is 16.0. The lowest BCUT2D eigenvalue weighted by Crippen LogP contribution is -1.99. The van der Waals surface area contributed by atoms with Gasteiger partial charge in [-0.2, -0.15) is 0 Å². The maximum atomic E-state index is 5.30. The molecule has 3 heteroatoms. The van der Waals surface area contributed by atoms with Crippen LogP contribution in [0.25, 0.3) is 33.4 Å². The van der Waals surface area contributed by atoms with Crippen LogP contribution in [0.3, 0.4) is 0 Å². The summed E-state index contributed by atoms with van der Waals surface area (Å²) in [5, 5.41) is 1.16. The highest BCUT2D eigenvalue weighted by Crippen LogP contribution is 2.40. The molecule has 1 fully saturated rings. The van der Waals surface area contributed by atoms with E-state index in [0.29, 0.717) is 0 Å². The van der Waals surface area contributed by atoms with Gasteiger partial charge in [-0.05, 0) is 39.7 Å². The zero-order valence-electron chi connectivity index (χ0n) is 16.6. The normalized spacial score (nSPS) is 13.6. The molecular formula is C26H27O2P. The smallest absolute Gasteiger partial charge is 0.0981 e. The molecule has 1 aliphatic rings. The van der Waals surface area contributed by atoms with E-state index >= 15 is 0 Å². The predicted molar refractivity (Wildman–Crippen MR) is 124 cm³/mol. The van der Waals surface area contributed by atoms with Gasteiger partial charge in [-0.15, -0.1) is 9.24 Å². The Morgan fingerprint density at radius 2 is 1.03 bits per heavy atom. The topological polar surface area (TPSA) is 26.3 Å². The third-order valence-corrected chi connectivity index (χ3v) is 5.96. The molecule has 0 bridgehead atoms. The standard InChI is InChI=1S/C20H15O2P.C6H12/c23-19-7-2-1-4-18(19)20-16(14-8-10-21-12-14)5-3-6-17(20)15-9-11-22-13-15;1-2-4-6-5-3-1/h1-13H,23H2;1-6H2. The largest absolute Gasteiger partial charge is 0.472 e. The number of hydrogen-bond donors (Lipinski definition) is 0. The van der Waals surface area contributed by atoms with Crippen molar-refractivity contribution in [3.63, 3.8) is 0 Å². The first-order valence-electron chi connectivity index (χ1n) is 10.4. The second kappa shape index (κ2) is 9.76. The summed E-state index contributed by atoms with van der Waals surface area (Å²) in [5.74, 6) is 0. The van der Waals surface area contributed by atoms with Gasteiger partial charge in [-0.3, -0.25) is 0 Å². The molecule has 29 heavy (non-hydrogen) atoms. The Bertz CT molecular complexity index is 949. The van der Waals surface area contributed by atoms with Crippen LogP contribution in [0.2, 0.25) is 0 Å². The highest BCUT2D eigenvalue weighted by molar-refractivity contribution is 7.28. The second-order valence-electron chi connectivity index (χ2n) is 7.46. The first-order valence-corrected chi connectivity index (χ1v) is 11.0. The number of benzene rings is 2. The fourth-order valence-corrected chi connectivity index (χ4v) is 4.30. The molecular weight excluding hydrogens is 375 g/mol. The first-order chi connectivity index (χ1) is 14.3. The Hall–Kier alpha value is -2.57. The Morgan fingerprint density at radius 1 is 0.552 bits per heavy atom. The van der Waals surface area contributed by atoms with Crippen LogP contribution in [-0.2, 0) is 0 Å². The monoisotopic (exact) mass is 402 g/mol. The van der Waals surface area contributed by atoms with Crippen molar-refractivity contribution in [2.45, 2.75) is 38.5 Å². The number of hydrogen-bond acceptors (Lipinski definition) is 2. The molecule has 1 unspecified atom stereocenters. The van der Waals surface area contributed by atoms with Crippen molar-refractivity contribution in [1.82, 2.24) is 0 Å². The molecule has 4 aromatic rings. The van der Waals surface area contributed by atoms with Crippen molar-refractivity contribution in [3.05, 3.63) is 79.6 Å². The molecule has 2 heterocycles. The van der Waals surface area contributed by atoms with Gasteiger partial charge in [0, 0.05) is 11.1 Å².